The van der Waals surface area contributed by atoms with Crippen molar-refractivity contribution in [2.75, 3.05) is 11.1 Å². The molecular formula is C16H19FN2O3S2. The molecule has 0 aliphatic rings. The topological polar surface area (TPSA) is 76.1 Å². The largest absolute Gasteiger partial charge is 0.301 e. The minimum Gasteiger partial charge on any atom is -0.301 e. The molecule has 2 rings (SSSR count). The quantitative estimate of drug-likeness (QED) is 0.845. The number of halogens is 1. The monoisotopic (exact) mass is 370 g/mol. The molecule has 130 valence electrons. The Labute approximate surface area is 144 Å². The molecule has 1 heterocycles. The summed E-state index contributed by atoms with van der Waals surface area (Å²) < 4.78 is 37.0. The molecule has 1 atom stereocenters. The summed E-state index contributed by atoms with van der Waals surface area (Å²) in [7, 11) is -3.47. The van der Waals surface area contributed by atoms with Gasteiger partial charge in [0.2, 0.25) is 5.91 Å². The van der Waals surface area contributed by atoms with E-state index in [0.717, 1.165) is 10.4 Å². The van der Waals surface area contributed by atoms with Gasteiger partial charge in [0.1, 0.15) is 11.1 Å². The molecule has 0 spiro atoms. The van der Waals surface area contributed by atoms with Gasteiger partial charge < -0.3 is 5.32 Å². The van der Waals surface area contributed by atoms with Crippen molar-refractivity contribution < 1.29 is 17.6 Å². The predicted molar refractivity (Wildman–Crippen MR) is 94.4 cm³/mol. The Morgan fingerprint density at radius 1 is 1.33 bits per heavy atom. The Balaban J connectivity index is 2.18. The highest BCUT2D eigenvalue weighted by molar-refractivity contribution is 7.92. The van der Waals surface area contributed by atoms with Crippen LogP contribution in [-0.2, 0) is 14.6 Å². The van der Waals surface area contributed by atoms with Crippen LogP contribution in [0.25, 0.3) is 11.3 Å². The molecule has 8 heteroatoms. The number of anilines is 1. The second-order valence-electron chi connectivity index (χ2n) is 5.43. The first-order chi connectivity index (χ1) is 11.2. The van der Waals surface area contributed by atoms with Gasteiger partial charge in [-0.2, -0.15) is 0 Å². The van der Waals surface area contributed by atoms with Gasteiger partial charge in [-0.15, -0.1) is 11.3 Å². The van der Waals surface area contributed by atoms with Crippen LogP contribution in [0.4, 0.5) is 9.52 Å². The van der Waals surface area contributed by atoms with Crippen LogP contribution < -0.4 is 5.32 Å². The van der Waals surface area contributed by atoms with E-state index in [4.69, 9.17) is 0 Å². The number of rotatable bonds is 6. The van der Waals surface area contributed by atoms with Crippen LogP contribution in [-0.4, -0.2) is 30.3 Å². The van der Waals surface area contributed by atoms with E-state index in [1.165, 1.54) is 30.4 Å². The molecule has 1 amide bonds. The maximum atomic E-state index is 13.0. The van der Waals surface area contributed by atoms with Gasteiger partial charge in [0, 0.05) is 10.4 Å². The molecule has 0 radical (unpaired) electrons. The Morgan fingerprint density at radius 3 is 2.54 bits per heavy atom. The van der Waals surface area contributed by atoms with Crippen molar-refractivity contribution in [1.82, 2.24) is 4.98 Å². The van der Waals surface area contributed by atoms with Gasteiger partial charge in [-0.1, -0.05) is 6.92 Å². The van der Waals surface area contributed by atoms with Crippen LogP contribution in [0.1, 0.15) is 25.1 Å². The van der Waals surface area contributed by atoms with E-state index in [1.54, 1.807) is 19.1 Å². The Kier molecular flexibility index (Phi) is 5.71. The number of hydrogen-bond donors (Lipinski definition) is 1. The normalized spacial score (nSPS) is 12.8. The SMILES string of the molecule is CCCS(=O)(=O)[C@@H](C)C(=O)Nc1nc(-c2ccc(F)cc2)c(C)s1. The summed E-state index contributed by atoms with van der Waals surface area (Å²) in [5, 5.41) is 1.76. The average Bonchev–Trinajstić information content (AvgIpc) is 2.87. The van der Waals surface area contributed by atoms with Crippen molar-refractivity contribution in [3.8, 4) is 11.3 Å². The molecule has 0 unspecified atom stereocenters. The molecule has 0 bridgehead atoms. The molecular weight excluding hydrogens is 351 g/mol. The number of thiazole rings is 1. The van der Waals surface area contributed by atoms with E-state index in [1.807, 2.05) is 6.92 Å². The van der Waals surface area contributed by atoms with Crippen LogP contribution in [0.3, 0.4) is 0 Å². The number of aromatic nitrogens is 1. The summed E-state index contributed by atoms with van der Waals surface area (Å²) in [5.74, 6) is -0.961. The first-order valence-corrected chi connectivity index (χ1v) is 10.0. The van der Waals surface area contributed by atoms with Gasteiger partial charge in [0.15, 0.2) is 15.0 Å². The summed E-state index contributed by atoms with van der Waals surface area (Å²) >= 11 is 1.25. The number of carbonyl (C=O) groups excluding carboxylic acids is 1. The molecule has 0 saturated heterocycles. The standard InChI is InChI=1S/C16H19FN2O3S2/c1-4-9-24(21,22)11(3)15(20)19-16-18-14(10(2)23-16)12-5-7-13(17)8-6-12/h5-8,11H,4,9H2,1-3H3,(H,18,19,20)/t11-/m0/s1. The fourth-order valence-corrected chi connectivity index (χ4v) is 4.30. The van der Waals surface area contributed by atoms with Crippen LogP contribution in [0.5, 0.6) is 0 Å². The molecule has 1 aromatic carbocycles. The van der Waals surface area contributed by atoms with Crippen LogP contribution >= 0.6 is 11.3 Å². The number of aryl methyl sites for hydroxylation is 1. The summed E-state index contributed by atoms with van der Waals surface area (Å²) in [4.78, 5) is 17.3. The highest BCUT2D eigenvalue weighted by atomic mass is 32.2. The number of sulfone groups is 1. The Bertz CT molecular complexity index is 830. The number of carbonyl (C=O) groups is 1. The predicted octanol–water partition coefficient (Wildman–Crippen LogP) is 3.41. The fourth-order valence-electron chi connectivity index (χ4n) is 2.16. The smallest absolute Gasteiger partial charge is 0.244 e. The number of hydrogen-bond acceptors (Lipinski definition) is 5. The molecule has 0 fully saturated rings. The van der Waals surface area contributed by atoms with Crippen molar-refractivity contribution in [2.24, 2.45) is 0 Å². The fraction of sp³-hybridized carbons (Fsp3) is 0.375. The van der Waals surface area contributed by atoms with Crippen LogP contribution in [0.2, 0.25) is 0 Å². The van der Waals surface area contributed by atoms with Crippen LogP contribution in [0.15, 0.2) is 24.3 Å². The van der Waals surface area contributed by atoms with Crippen molar-refractivity contribution in [2.45, 2.75) is 32.4 Å². The van der Waals surface area contributed by atoms with Crippen LogP contribution in [0, 0.1) is 12.7 Å². The van der Waals surface area contributed by atoms with Gasteiger partial charge in [0.25, 0.3) is 0 Å². The van der Waals surface area contributed by atoms with E-state index in [0.29, 0.717) is 17.2 Å². The van der Waals surface area contributed by atoms with Gasteiger partial charge in [-0.3, -0.25) is 4.79 Å². The summed E-state index contributed by atoms with van der Waals surface area (Å²) in [5.41, 5.74) is 1.37. The maximum absolute atomic E-state index is 13.0. The van der Waals surface area contributed by atoms with Crippen molar-refractivity contribution in [3.05, 3.63) is 35.0 Å². The van der Waals surface area contributed by atoms with Crippen molar-refractivity contribution in [3.63, 3.8) is 0 Å². The lowest BCUT2D eigenvalue weighted by molar-refractivity contribution is -0.115. The third kappa shape index (κ3) is 4.18. The third-order valence-electron chi connectivity index (χ3n) is 3.54. The van der Waals surface area contributed by atoms with E-state index >= 15 is 0 Å². The highest BCUT2D eigenvalue weighted by Crippen LogP contribution is 2.30. The lowest BCUT2D eigenvalue weighted by atomic mass is 10.1. The second kappa shape index (κ2) is 7.40. The highest BCUT2D eigenvalue weighted by Gasteiger charge is 2.28. The zero-order valence-corrected chi connectivity index (χ0v) is 15.3. The zero-order chi connectivity index (χ0) is 17.9. The van der Waals surface area contributed by atoms with E-state index < -0.39 is 21.0 Å². The number of benzene rings is 1. The van der Waals surface area contributed by atoms with E-state index in [2.05, 4.69) is 10.3 Å². The minimum absolute atomic E-state index is 0.0285. The number of nitrogens with zero attached hydrogens (tertiary/aromatic N) is 1. The first kappa shape index (κ1) is 18.5. The Hall–Kier alpha value is -1.80. The molecule has 24 heavy (non-hydrogen) atoms. The Morgan fingerprint density at radius 2 is 1.96 bits per heavy atom. The molecule has 0 aliphatic carbocycles. The maximum Gasteiger partial charge on any atom is 0.244 e. The zero-order valence-electron chi connectivity index (χ0n) is 13.7. The van der Waals surface area contributed by atoms with Crippen molar-refractivity contribution in [1.29, 1.82) is 0 Å². The van der Waals surface area contributed by atoms with E-state index in [-0.39, 0.29) is 11.6 Å². The number of nitrogens with one attached hydrogen (secondary N) is 1. The first-order valence-electron chi connectivity index (χ1n) is 7.50. The van der Waals surface area contributed by atoms with Crippen molar-refractivity contribution >= 4 is 32.2 Å². The molecule has 0 aliphatic heterocycles. The van der Waals surface area contributed by atoms with Gasteiger partial charge in [-0.25, -0.2) is 17.8 Å². The third-order valence-corrected chi connectivity index (χ3v) is 6.70. The molecule has 1 aromatic heterocycles. The molecule has 2 aromatic rings. The molecule has 5 nitrogen and oxygen atoms in total. The van der Waals surface area contributed by atoms with Gasteiger partial charge in [0.05, 0.1) is 11.4 Å². The lowest BCUT2D eigenvalue weighted by Gasteiger charge is -2.11. The summed E-state index contributed by atoms with van der Waals surface area (Å²) in [6, 6.07) is 5.90. The van der Waals surface area contributed by atoms with E-state index in [9.17, 15) is 17.6 Å². The average molecular weight is 370 g/mol. The van der Waals surface area contributed by atoms with Gasteiger partial charge in [-0.05, 0) is 44.5 Å². The lowest BCUT2D eigenvalue weighted by Crippen LogP contribution is -2.34. The van der Waals surface area contributed by atoms with Gasteiger partial charge >= 0.3 is 0 Å². The summed E-state index contributed by atoms with van der Waals surface area (Å²) in [6.07, 6.45) is 0.463. The molecule has 0 saturated carbocycles. The second-order valence-corrected chi connectivity index (χ2v) is 9.07. The summed E-state index contributed by atoms with van der Waals surface area (Å²) in [6.45, 7) is 4.96. The number of amides is 1. The molecule has 1 N–H and O–H groups in total. The minimum atomic E-state index is -3.47.